The number of aromatic nitrogens is 2. The van der Waals surface area contributed by atoms with E-state index in [1.807, 2.05) is 13.0 Å². The van der Waals surface area contributed by atoms with Crippen molar-refractivity contribution in [1.82, 2.24) is 25.1 Å². The third-order valence-corrected chi connectivity index (χ3v) is 5.63. The standard InChI is InChI=1S/C21H35N7O2.HI/c1-3-22-20(27-11-6-18(7-12-27)19(29)30-4-2)25-10-13-26-14-16-28(17-15-26)21-23-8-5-9-24-21;/h5,8-9,18H,3-4,6-7,10-17H2,1-2H3,(H,22,25);1H. The monoisotopic (exact) mass is 545 g/mol. The minimum atomic E-state index is -0.0564. The van der Waals surface area contributed by atoms with Gasteiger partial charge in [0.2, 0.25) is 5.95 Å². The second-order valence-electron chi connectivity index (χ2n) is 7.63. The fourth-order valence-electron chi connectivity index (χ4n) is 3.94. The van der Waals surface area contributed by atoms with E-state index >= 15 is 0 Å². The summed E-state index contributed by atoms with van der Waals surface area (Å²) in [7, 11) is 0. The topological polar surface area (TPSA) is 86.2 Å². The van der Waals surface area contributed by atoms with Gasteiger partial charge in [-0.15, -0.1) is 24.0 Å². The quantitative estimate of drug-likeness (QED) is 0.239. The number of carbonyl (C=O) groups excluding carboxylic acids is 1. The minimum Gasteiger partial charge on any atom is -0.466 e. The molecule has 0 aromatic carbocycles. The number of likely N-dealkylation sites (tertiary alicyclic amines) is 1. The van der Waals surface area contributed by atoms with Crippen LogP contribution in [0.1, 0.15) is 26.7 Å². The summed E-state index contributed by atoms with van der Waals surface area (Å²) < 4.78 is 5.17. The smallest absolute Gasteiger partial charge is 0.309 e. The van der Waals surface area contributed by atoms with Gasteiger partial charge in [0, 0.05) is 64.8 Å². The van der Waals surface area contributed by atoms with Gasteiger partial charge in [0.25, 0.3) is 0 Å². The number of nitrogens with zero attached hydrogens (tertiary/aromatic N) is 6. The number of nitrogens with one attached hydrogen (secondary N) is 1. The SMILES string of the molecule is CCNC(=NCCN1CCN(c2ncccn2)CC1)N1CCC(C(=O)OCC)CC1.I. The van der Waals surface area contributed by atoms with Gasteiger partial charge in [0.15, 0.2) is 5.96 Å². The van der Waals surface area contributed by atoms with Gasteiger partial charge in [-0.05, 0) is 32.8 Å². The predicted octanol–water partition coefficient (Wildman–Crippen LogP) is 1.46. The molecule has 3 rings (SSSR count). The summed E-state index contributed by atoms with van der Waals surface area (Å²) >= 11 is 0. The molecule has 9 nitrogen and oxygen atoms in total. The molecule has 0 bridgehead atoms. The Bertz CT molecular complexity index is 676. The van der Waals surface area contributed by atoms with Crippen molar-refractivity contribution in [1.29, 1.82) is 0 Å². The molecule has 2 fully saturated rings. The van der Waals surface area contributed by atoms with Crippen molar-refractivity contribution in [2.24, 2.45) is 10.9 Å². The molecule has 0 amide bonds. The highest BCUT2D eigenvalue weighted by molar-refractivity contribution is 14.0. The van der Waals surface area contributed by atoms with E-state index in [4.69, 9.17) is 9.73 Å². The maximum absolute atomic E-state index is 12.0. The summed E-state index contributed by atoms with van der Waals surface area (Å²) in [4.78, 5) is 32.4. The molecule has 1 aromatic heterocycles. The average molecular weight is 545 g/mol. The van der Waals surface area contributed by atoms with Gasteiger partial charge in [0.05, 0.1) is 19.1 Å². The number of rotatable bonds is 7. The summed E-state index contributed by atoms with van der Waals surface area (Å²) in [6, 6.07) is 1.85. The lowest BCUT2D eigenvalue weighted by Crippen LogP contribution is -2.48. The molecule has 0 saturated carbocycles. The molecule has 0 aliphatic carbocycles. The minimum absolute atomic E-state index is 0. The van der Waals surface area contributed by atoms with E-state index in [-0.39, 0.29) is 35.9 Å². The van der Waals surface area contributed by atoms with Gasteiger partial charge in [-0.1, -0.05) is 0 Å². The summed E-state index contributed by atoms with van der Waals surface area (Å²) in [5, 5.41) is 3.40. The molecule has 1 N–H and O–H groups in total. The van der Waals surface area contributed by atoms with Crippen molar-refractivity contribution in [2.75, 3.05) is 70.4 Å². The molecule has 10 heteroatoms. The van der Waals surface area contributed by atoms with Crippen molar-refractivity contribution in [3.8, 4) is 0 Å². The molecule has 3 heterocycles. The molecular weight excluding hydrogens is 509 g/mol. The Kier molecular flexibility index (Phi) is 11.3. The Morgan fingerprint density at radius 1 is 1.13 bits per heavy atom. The van der Waals surface area contributed by atoms with E-state index in [9.17, 15) is 4.79 Å². The normalized spacial score (nSPS) is 18.5. The third-order valence-electron chi connectivity index (χ3n) is 5.63. The van der Waals surface area contributed by atoms with Gasteiger partial charge in [-0.2, -0.15) is 0 Å². The summed E-state index contributed by atoms with van der Waals surface area (Å²) in [6.45, 7) is 12.5. The van der Waals surface area contributed by atoms with Gasteiger partial charge in [-0.3, -0.25) is 14.7 Å². The largest absolute Gasteiger partial charge is 0.466 e. The first-order valence-electron chi connectivity index (χ1n) is 11.2. The highest BCUT2D eigenvalue weighted by Crippen LogP contribution is 2.18. The Balaban J connectivity index is 0.00000341. The van der Waals surface area contributed by atoms with Crippen molar-refractivity contribution < 1.29 is 9.53 Å². The van der Waals surface area contributed by atoms with E-state index in [1.165, 1.54) is 0 Å². The molecule has 1 aromatic rings. The number of carbonyl (C=O) groups is 1. The average Bonchev–Trinajstić information content (AvgIpc) is 2.80. The molecule has 31 heavy (non-hydrogen) atoms. The maximum Gasteiger partial charge on any atom is 0.309 e. The maximum atomic E-state index is 12.0. The molecular formula is C21H36IN7O2. The number of ether oxygens (including phenoxy) is 1. The van der Waals surface area contributed by atoms with E-state index in [0.717, 1.165) is 83.7 Å². The van der Waals surface area contributed by atoms with Crippen LogP contribution in [0.3, 0.4) is 0 Å². The number of guanidine groups is 1. The van der Waals surface area contributed by atoms with Crippen molar-refractivity contribution in [3.05, 3.63) is 18.5 Å². The second-order valence-corrected chi connectivity index (χ2v) is 7.63. The summed E-state index contributed by atoms with van der Waals surface area (Å²) in [5.41, 5.74) is 0. The molecule has 174 valence electrons. The summed E-state index contributed by atoms with van der Waals surface area (Å²) in [6.07, 6.45) is 5.24. The number of halogens is 1. The Morgan fingerprint density at radius 3 is 2.42 bits per heavy atom. The number of esters is 1. The van der Waals surface area contributed by atoms with E-state index < -0.39 is 0 Å². The lowest BCUT2D eigenvalue weighted by Gasteiger charge is -2.35. The molecule has 2 aliphatic rings. The van der Waals surface area contributed by atoms with Crippen LogP contribution < -0.4 is 10.2 Å². The number of aliphatic imine (C=N–C) groups is 1. The van der Waals surface area contributed by atoms with Crippen LogP contribution in [0.4, 0.5) is 5.95 Å². The number of anilines is 1. The van der Waals surface area contributed by atoms with Gasteiger partial charge >= 0.3 is 5.97 Å². The number of piperazine rings is 1. The zero-order valence-corrected chi connectivity index (χ0v) is 21.0. The molecule has 0 unspecified atom stereocenters. The summed E-state index contributed by atoms with van der Waals surface area (Å²) in [5.74, 6) is 1.74. The fourth-order valence-corrected chi connectivity index (χ4v) is 3.94. The van der Waals surface area contributed by atoms with E-state index in [2.05, 4.69) is 36.9 Å². The van der Waals surface area contributed by atoms with Crippen LogP contribution in [0.25, 0.3) is 0 Å². The Labute approximate surface area is 202 Å². The molecule has 0 atom stereocenters. The van der Waals surface area contributed by atoms with Crippen molar-refractivity contribution >= 4 is 41.9 Å². The predicted molar refractivity (Wildman–Crippen MR) is 133 cm³/mol. The lowest BCUT2D eigenvalue weighted by atomic mass is 9.97. The first-order valence-corrected chi connectivity index (χ1v) is 11.2. The first-order chi connectivity index (χ1) is 14.7. The molecule has 2 saturated heterocycles. The van der Waals surface area contributed by atoms with E-state index in [0.29, 0.717) is 6.61 Å². The number of hydrogen-bond donors (Lipinski definition) is 1. The molecule has 0 radical (unpaired) electrons. The second kappa shape index (κ2) is 13.7. The highest BCUT2D eigenvalue weighted by atomic mass is 127. The molecule has 0 spiro atoms. The van der Waals surface area contributed by atoms with Crippen molar-refractivity contribution in [3.63, 3.8) is 0 Å². The molecule has 2 aliphatic heterocycles. The van der Waals surface area contributed by atoms with Gasteiger partial charge in [-0.25, -0.2) is 9.97 Å². The third kappa shape index (κ3) is 7.74. The van der Waals surface area contributed by atoms with E-state index in [1.54, 1.807) is 12.4 Å². The van der Waals surface area contributed by atoms with Crippen LogP contribution in [0, 0.1) is 5.92 Å². The van der Waals surface area contributed by atoms with Gasteiger partial charge < -0.3 is 19.9 Å². The number of hydrogen-bond acceptors (Lipinski definition) is 7. The van der Waals surface area contributed by atoms with Crippen LogP contribution in [0.2, 0.25) is 0 Å². The lowest BCUT2D eigenvalue weighted by molar-refractivity contribution is -0.149. The van der Waals surface area contributed by atoms with Gasteiger partial charge in [0.1, 0.15) is 0 Å². The van der Waals surface area contributed by atoms with Crippen LogP contribution in [-0.4, -0.2) is 97.2 Å². The number of piperidine rings is 1. The highest BCUT2D eigenvalue weighted by Gasteiger charge is 2.27. The first kappa shape index (κ1) is 25.6. The zero-order chi connectivity index (χ0) is 21.2. The van der Waals surface area contributed by atoms with Crippen molar-refractivity contribution in [2.45, 2.75) is 26.7 Å². The Hall–Kier alpha value is -1.69. The van der Waals surface area contributed by atoms with Crippen LogP contribution >= 0.6 is 24.0 Å². The zero-order valence-electron chi connectivity index (χ0n) is 18.7. The van der Waals surface area contributed by atoms with Crippen LogP contribution in [0.15, 0.2) is 23.5 Å². The van der Waals surface area contributed by atoms with Crippen LogP contribution in [0.5, 0.6) is 0 Å². The fraction of sp³-hybridized carbons (Fsp3) is 0.714. The Morgan fingerprint density at radius 2 is 1.81 bits per heavy atom. The van der Waals surface area contributed by atoms with Crippen LogP contribution in [-0.2, 0) is 9.53 Å².